The van der Waals surface area contributed by atoms with Crippen LogP contribution in [0.5, 0.6) is 5.75 Å². The van der Waals surface area contributed by atoms with Gasteiger partial charge in [0.05, 0.1) is 34.9 Å². The molecule has 2 aromatic carbocycles. The van der Waals surface area contributed by atoms with Gasteiger partial charge in [-0.1, -0.05) is 0 Å². The van der Waals surface area contributed by atoms with Crippen LogP contribution in [-0.4, -0.2) is 53.8 Å². The van der Waals surface area contributed by atoms with Crippen LogP contribution in [0.1, 0.15) is 21.6 Å². The Balaban J connectivity index is 1.66. The van der Waals surface area contributed by atoms with E-state index in [0.29, 0.717) is 34.5 Å². The van der Waals surface area contributed by atoms with Crippen molar-refractivity contribution in [1.29, 1.82) is 0 Å². The quantitative estimate of drug-likeness (QED) is 0.586. The second kappa shape index (κ2) is 8.49. The van der Waals surface area contributed by atoms with Gasteiger partial charge < -0.3 is 10.1 Å². The van der Waals surface area contributed by atoms with Gasteiger partial charge >= 0.3 is 0 Å². The molecule has 1 aromatic heterocycles. The van der Waals surface area contributed by atoms with Gasteiger partial charge in [0.15, 0.2) is 0 Å². The molecule has 9 nitrogen and oxygen atoms in total. The maximum atomic E-state index is 13.0. The van der Waals surface area contributed by atoms with E-state index < -0.39 is 26.7 Å². The number of hydrogen-bond donors (Lipinski definition) is 1. The number of rotatable bonds is 6. The first-order valence-corrected chi connectivity index (χ1v) is 12.6. The van der Waals surface area contributed by atoms with Gasteiger partial charge in [-0.25, -0.2) is 17.4 Å². The highest BCUT2D eigenvalue weighted by atomic mass is 32.2. The summed E-state index contributed by atoms with van der Waals surface area (Å²) in [5.41, 5.74) is 2.42. The fourth-order valence-corrected chi connectivity index (χ4v) is 5.50. The largest absolute Gasteiger partial charge is 0.497 e. The van der Waals surface area contributed by atoms with Gasteiger partial charge in [0.1, 0.15) is 11.6 Å². The van der Waals surface area contributed by atoms with Crippen LogP contribution in [0, 0.1) is 0 Å². The minimum absolute atomic E-state index is 0.0959. The molecule has 0 fully saturated rings. The van der Waals surface area contributed by atoms with Crippen molar-refractivity contribution in [3.05, 3.63) is 65.4 Å². The Morgan fingerprint density at radius 2 is 1.75 bits per heavy atom. The Labute approximate surface area is 188 Å². The third-order valence-corrected chi connectivity index (χ3v) is 8.15. The number of fused-ring (bicyclic) bond motifs is 1. The van der Waals surface area contributed by atoms with Gasteiger partial charge in [0.25, 0.3) is 5.91 Å². The Morgan fingerprint density at radius 1 is 1.09 bits per heavy atom. The van der Waals surface area contributed by atoms with Gasteiger partial charge in [-0.05, 0) is 48.5 Å². The van der Waals surface area contributed by atoms with E-state index in [1.165, 1.54) is 38.4 Å². The highest BCUT2D eigenvalue weighted by Crippen LogP contribution is 2.32. The highest BCUT2D eigenvalue weighted by Gasteiger charge is 2.28. The van der Waals surface area contributed by atoms with E-state index in [0.717, 1.165) is 9.87 Å². The molecule has 0 saturated carbocycles. The lowest BCUT2D eigenvalue weighted by Crippen LogP contribution is -2.22. The first kappa shape index (κ1) is 22.2. The molecular weight excluding hydrogens is 452 g/mol. The first-order chi connectivity index (χ1) is 15.2. The summed E-state index contributed by atoms with van der Waals surface area (Å²) in [6.45, 7) is 0. The van der Waals surface area contributed by atoms with E-state index in [4.69, 9.17) is 4.74 Å². The van der Waals surface area contributed by atoms with Crippen molar-refractivity contribution in [3.8, 4) is 11.4 Å². The van der Waals surface area contributed by atoms with E-state index >= 15 is 0 Å². The van der Waals surface area contributed by atoms with Crippen LogP contribution in [0.4, 0.5) is 5.82 Å². The number of aromatic nitrogens is 2. The third-order valence-electron chi connectivity index (χ3n) is 5.11. The Bertz CT molecular complexity index is 1300. The maximum absolute atomic E-state index is 13.0. The maximum Gasteiger partial charge on any atom is 0.256 e. The fourth-order valence-electron chi connectivity index (χ4n) is 3.34. The van der Waals surface area contributed by atoms with Crippen LogP contribution < -0.4 is 10.1 Å². The van der Waals surface area contributed by atoms with E-state index in [1.807, 2.05) is 12.1 Å². The van der Waals surface area contributed by atoms with Crippen LogP contribution in [0.3, 0.4) is 0 Å². The number of benzene rings is 2. The zero-order valence-electron chi connectivity index (χ0n) is 17.7. The van der Waals surface area contributed by atoms with Gasteiger partial charge in [0, 0.05) is 36.0 Å². The summed E-state index contributed by atoms with van der Waals surface area (Å²) >= 11 is 0. The zero-order valence-corrected chi connectivity index (χ0v) is 19.4. The number of sulfonamides is 1. The Hall–Kier alpha value is -3.02. The summed E-state index contributed by atoms with van der Waals surface area (Å²) in [5.74, 6) is 1.35. The summed E-state index contributed by atoms with van der Waals surface area (Å²) in [7, 11) is -0.185. The second-order valence-corrected chi connectivity index (χ2v) is 11.0. The van der Waals surface area contributed by atoms with Gasteiger partial charge in [-0.2, -0.15) is 5.10 Å². The lowest BCUT2D eigenvalue weighted by Gasteiger charge is -2.13. The summed E-state index contributed by atoms with van der Waals surface area (Å²) in [6, 6.07) is 12.9. The molecule has 32 heavy (non-hydrogen) atoms. The third kappa shape index (κ3) is 4.06. The molecule has 168 valence electrons. The fraction of sp³-hybridized carbons (Fsp3) is 0.238. The number of nitrogens with zero attached hydrogens (tertiary/aromatic N) is 3. The molecule has 11 heteroatoms. The first-order valence-electron chi connectivity index (χ1n) is 9.65. The van der Waals surface area contributed by atoms with Crippen molar-refractivity contribution >= 4 is 32.5 Å². The molecule has 1 N–H and O–H groups in total. The lowest BCUT2D eigenvalue weighted by molar-refractivity contribution is 0.102. The van der Waals surface area contributed by atoms with Crippen LogP contribution in [-0.2, 0) is 32.3 Å². The molecule has 4 rings (SSSR count). The van der Waals surface area contributed by atoms with Gasteiger partial charge in [0.2, 0.25) is 10.0 Å². The van der Waals surface area contributed by atoms with Crippen LogP contribution in [0.15, 0.2) is 53.4 Å². The molecule has 1 atom stereocenters. The average Bonchev–Trinajstić information content (AvgIpc) is 3.30. The van der Waals surface area contributed by atoms with E-state index in [2.05, 4.69) is 10.4 Å². The predicted octanol–water partition coefficient (Wildman–Crippen LogP) is 2.15. The minimum atomic E-state index is -3.59. The van der Waals surface area contributed by atoms with Crippen LogP contribution in [0.2, 0.25) is 0 Å². The molecule has 0 bridgehead atoms. The van der Waals surface area contributed by atoms with Crippen LogP contribution in [0.25, 0.3) is 5.69 Å². The number of carbonyl (C=O) groups excluding carboxylic acids is 1. The Kier molecular flexibility index (Phi) is 5.89. The number of anilines is 1. The van der Waals surface area contributed by atoms with E-state index in [1.54, 1.807) is 23.9 Å². The summed E-state index contributed by atoms with van der Waals surface area (Å²) < 4.78 is 44.5. The molecule has 1 aliphatic rings. The number of amides is 1. The van der Waals surface area contributed by atoms with Crippen molar-refractivity contribution < 1.29 is 22.2 Å². The average molecular weight is 475 g/mol. The number of methoxy groups -OCH3 is 1. The van der Waals surface area contributed by atoms with Crippen molar-refractivity contribution in [2.24, 2.45) is 0 Å². The predicted molar refractivity (Wildman–Crippen MR) is 121 cm³/mol. The normalized spacial score (nSPS) is 15.6. The van der Waals surface area contributed by atoms with Crippen molar-refractivity contribution in [2.75, 3.05) is 26.5 Å². The molecule has 1 aliphatic heterocycles. The molecule has 0 aliphatic carbocycles. The van der Waals surface area contributed by atoms with E-state index in [-0.39, 0.29) is 10.5 Å². The van der Waals surface area contributed by atoms with Crippen molar-refractivity contribution in [2.45, 2.75) is 16.4 Å². The monoisotopic (exact) mass is 474 g/mol. The number of ether oxygens (including phenoxy) is 1. The highest BCUT2D eigenvalue weighted by molar-refractivity contribution is 7.89. The standard InChI is InChI=1S/C21H22N4O5S2/c1-24(2)32(28,29)17-10-4-14(5-11-17)21(26)22-20-18-12-31(27)13-19(18)23-25(20)15-6-8-16(30-3)9-7-15/h4-11H,12-13H2,1-3H3,(H,22,26)/t31-/m0/s1. The van der Waals surface area contributed by atoms with Gasteiger partial charge in [-0.15, -0.1) is 0 Å². The molecular formula is C21H22N4O5S2. The summed E-state index contributed by atoms with van der Waals surface area (Å²) in [4.78, 5) is 13.1. The van der Waals surface area contributed by atoms with Gasteiger partial charge in [-0.3, -0.25) is 9.00 Å². The minimum Gasteiger partial charge on any atom is -0.497 e. The number of carbonyl (C=O) groups is 1. The molecule has 0 radical (unpaired) electrons. The lowest BCUT2D eigenvalue weighted by atomic mass is 10.2. The summed E-state index contributed by atoms with van der Waals surface area (Å²) in [5, 5.41) is 7.43. The van der Waals surface area contributed by atoms with Crippen molar-refractivity contribution in [3.63, 3.8) is 0 Å². The molecule has 0 saturated heterocycles. The molecule has 2 heterocycles. The molecule has 1 amide bonds. The second-order valence-electron chi connectivity index (χ2n) is 7.38. The van der Waals surface area contributed by atoms with E-state index in [9.17, 15) is 17.4 Å². The number of nitrogens with one attached hydrogen (secondary N) is 1. The zero-order chi connectivity index (χ0) is 23.0. The topological polar surface area (TPSA) is 111 Å². The van der Waals surface area contributed by atoms with Crippen molar-refractivity contribution in [1.82, 2.24) is 14.1 Å². The van der Waals surface area contributed by atoms with Crippen LogP contribution >= 0.6 is 0 Å². The molecule has 3 aromatic rings. The molecule has 0 spiro atoms. The smallest absolute Gasteiger partial charge is 0.256 e. The Morgan fingerprint density at radius 3 is 2.34 bits per heavy atom. The SMILES string of the molecule is COc1ccc(-n2nc3c(c2NC(=O)c2ccc(S(=O)(=O)N(C)C)cc2)C[S@](=O)C3)cc1. The molecule has 0 unspecified atom stereocenters. The summed E-state index contributed by atoms with van der Waals surface area (Å²) in [6.07, 6.45) is 0. The number of hydrogen-bond acceptors (Lipinski definition) is 6.